The fourth-order valence-corrected chi connectivity index (χ4v) is 2.69. The molecule has 25 heavy (non-hydrogen) atoms. The van der Waals surface area contributed by atoms with Gasteiger partial charge in [0.1, 0.15) is 11.5 Å². The first-order valence-electron chi connectivity index (χ1n) is 8.09. The number of para-hydroxylation sites is 2. The fraction of sp³-hybridized carbons (Fsp3) is 0.0952. The number of aromatic hydroxyl groups is 3. The van der Waals surface area contributed by atoms with Gasteiger partial charge in [-0.05, 0) is 24.3 Å². The van der Waals surface area contributed by atoms with E-state index in [-0.39, 0.29) is 17.2 Å². The molecule has 0 unspecified atom stereocenters. The molecule has 0 saturated heterocycles. The topological polar surface area (TPSA) is 63.7 Å². The summed E-state index contributed by atoms with van der Waals surface area (Å²) in [4.78, 5) is 0. The predicted molar refractivity (Wildman–Crippen MR) is 98.0 cm³/mol. The Kier molecular flexibility index (Phi) is 5.00. The van der Waals surface area contributed by atoms with Crippen LogP contribution in [0.5, 0.6) is 17.2 Å². The summed E-state index contributed by atoms with van der Waals surface area (Å²) >= 11 is 0. The number of phenolic OH excluding ortho intramolecular Hbond substituents is 3. The molecule has 0 aliphatic carbocycles. The molecule has 0 fully saturated rings. The second-order valence-electron chi connectivity index (χ2n) is 5.78. The number of benzene rings is 3. The van der Waals surface area contributed by atoms with Gasteiger partial charge in [-0.1, -0.05) is 36.4 Å². The van der Waals surface area contributed by atoms with Crippen molar-refractivity contribution in [2.75, 3.05) is 6.54 Å². The first-order valence-corrected chi connectivity index (χ1v) is 8.09. The van der Waals surface area contributed by atoms with Crippen LogP contribution in [0.1, 0.15) is 11.1 Å². The van der Waals surface area contributed by atoms with Gasteiger partial charge < -0.3 is 15.3 Å². The predicted octanol–water partition coefficient (Wildman–Crippen LogP) is 3.81. The summed E-state index contributed by atoms with van der Waals surface area (Å²) in [6.07, 6.45) is 2.52. The lowest BCUT2D eigenvalue weighted by atomic mass is 10.1. The van der Waals surface area contributed by atoms with Gasteiger partial charge in [-0.3, -0.25) is 0 Å². The van der Waals surface area contributed by atoms with Gasteiger partial charge >= 0.3 is 0 Å². The van der Waals surface area contributed by atoms with Crippen molar-refractivity contribution in [1.29, 1.82) is 0 Å². The fourth-order valence-electron chi connectivity index (χ4n) is 2.69. The molecule has 0 heterocycles. The van der Waals surface area contributed by atoms with E-state index in [2.05, 4.69) is 0 Å². The minimum atomic E-state index is 0.0367. The van der Waals surface area contributed by atoms with Crippen LogP contribution in [-0.4, -0.2) is 32.7 Å². The molecule has 3 N–H and O–H groups in total. The summed E-state index contributed by atoms with van der Waals surface area (Å²) in [5, 5.41) is 29.6. The maximum absolute atomic E-state index is 10.2. The van der Waals surface area contributed by atoms with Gasteiger partial charge in [-0.2, -0.15) is 4.58 Å². The van der Waals surface area contributed by atoms with Crippen molar-refractivity contribution in [2.24, 2.45) is 0 Å². The highest BCUT2D eigenvalue weighted by Gasteiger charge is 2.15. The quantitative estimate of drug-likeness (QED) is 0.491. The van der Waals surface area contributed by atoms with Gasteiger partial charge in [-0.15, -0.1) is 0 Å². The third kappa shape index (κ3) is 4.18. The van der Waals surface area contributed by atoms with Crippen molar-refractivity contribution in [1.82, 2.24) is 0 Å². The summed E-state index contributed by atoms with van der Waals surface area (Å²) < 4.78 is 1.96. The lowest BCUT2D eigenvalue weighted by molar-refractivity contribution is -0.435. The molecule has 0 aromatic heterocycles. The van der Waals surface area contributed by atoms with Crippen LogP contribution in [-0.2, 0) is 6.42 Å². The zero-order chi connectivity index (χ0) is 17.6. The van der Waals surface area contributed by atoms with E-state index in [0.29, 0.717) is 18.7 Å². The molecule has 3 aromatic rings. The highest BCUT2D eigenvalue weighted by atomic mass is 16.3. The van der Waals surface area contributed by atoms with Gasteiger partial charge in [-0.25, -0.2) is 0 Å². The van der Waals surface area contributed by atoms with E-state index < -0.39 is 0 Å². The normalized spacial score (nSPS) is 11.4. The maximum atomic E-state index is 10.2. The Morgan fingerprint density at radius 2 is 1.48 bits per heavy atom. The van der Waals surface area contributed by atoms with Crippen molar-refractivity contribution < 1.29 is 19.9 Å². The highest BCUT2D eigenvalue weighted by molar-refractivity contribution is 5.76. The third-order valence-electron chi connectivity index (χ3n) is 3.99. The van der Waals surface area contributed by atoms with E-state index in [1.165, 1.54) is 6.07 Å². The molecule has 0 aliphatic rings. The van der Waals surface area contributed by atoms with Crippen LogP contribution in [0.2, 0.25) is 0 Å². The number of hydrogen-bond acceptors (Lipinski definition) is 3. The van der Waals surface area contributed by atoms with Crippen LogP contribution in [0, 0.1) is 0 Å². The standard InChI is InChI=1S/C21H19NO3/c23-18-11-10-17(21(25)14-18)12-13-22(15-16-6-2-1-3-7-16)19-8-4-5-9-20(19)24/h1-11,14-15H,12-13H2,(H2-,23,24,25)/p+1. The first kappa shape index (κ1) is 16.6. The van der Waals surface area contributed by atoms with Crippen LogP contribution in [0.3, 0.4) is 0 Å². The number of hydrogen-bond donors (Lipinski definition) is 3. The minimum Gasteiger partial charge on any atom is -0.508 e. The van der Waals surface area contributed by atoms with Gasteiger partial charge in [0, 0.05) is 29.7 Å². The number of rotatable bonds is 5. The van der Waals surface area contributed by atoms with E-state index in [9.17, 15) is 15.3 Å². The lowest BCUT2D eigenvalue weighted by Crippen LogP contribution is -2.12. The second kappa shape index (κ2) is 7.53. The number of phenols is 3. The van der Waals surface area contributed by atoms with E-state index in [1.54, 1.807) is 24.3 Å². The summed E-state index contributed by atoms with van der Waals surface area (Å²) in [7, 11) is 0. The summed E-state index contributed by atoms with van der Waals surface area (Å²) in [6, 6.07) is 21.6. The molecule has 0 aliphatic heterocycles. The molecule has 0 amide bonds. The van der Waals surface area contributed by atoms with Crippen LogP contribution in [0.4, 0.5) is 5.69 Å². The van der Waals surface area contributed by atoms with Crippen LogP contribution in [0.15, 0.2) is 72.8 Å². The molecule has 3 rings (SSSR count). The van der Waals surface area contributed by atoms with Gasteiger partial charge in [0.2, 0.25) is 5.69 Å². The summed E-state index contributed by atoms with van der Waals surface area (Å²) in [5.74, 6) is 0.302. The molecule has 126 valence electrons. The summed E-state index contributed by atoms with van der Waals surface area (Å²) in [6.45, 7) is 0.560. The van der Waals surface area contributed by atoms with E-state index in [1.807, 2.05) is 53.3 Å². The van der Waals surface area contributed by atoms with E-state index in [0.717, 1.165) is 11.1 Å². The molecule has 0 bridgehead atoms. The Morgan fingerprint density at radius 1 is 0.760 bits per heavy atom. The smallest absolute Gasteiger partial charge is 0.247 e. The zero-order valence-electron chi connectivity index (χ0n) is 13.7. The largest absolute Gasteiger partial charge is 0.508 e. The average molecular weight is 334 g/mol. The Labute approximate surface area is 146 Å². The first-order chi connectivity index (χ1) is 12.1. The number of nitrogens with zero attached hydrogens (tertiary/aromatic N) is 1. The van der Waals surface area contributed by atoms with Crippen molar-refractivity contribution >= 4 is 11.9 Å². The molecule has 0 radical (unpaired) electrons. The van der Waals surface area contributed by atoms with Crippen molar-refractivity contribution in [3.05, 3.63) is 83.9 Å². The molecular weight excluding hydrogens is 314 g/mol. The van der Waals surface area contributed by atoms with Gasteiger partial charge in [0.25, 0.3) is 0 Å². The van der Waals surface area contributed by atoms with Crippen molar-refractivity contribution in [3.8, 4) is 17.2 Å². The Balaban J connectivity index is 1.92. The molecule has 4 nitrogen and oxygen atoms in total. The zero-order valence-corrected chi connectivity index (χ0v) is 13.7. The van der Waals surface area contributed by atoms with Crippen LogP contribution >= 0.6 is 0 Å². The maximum Gasteiger partial charge on any atom is 0.247 e. The average Bonchev–Trinajstić information content (AvgIpc) is 2.61. The highest BCUT2D eigenvalue weighted by Crippen LogP contribution is 2.27. The lowest BCUT2D eigenvalue weighted by Gasteiger charge is -2.07. The van der Waals surface area contributed by atoms with Crippen molar-refractivity contribution in [3.63, 3.8) is 0 Å². The molecular formula is C21H20NO3+. The Morgan fingerprint density at radius 3 is 2.20 bits per heavy atom. The third-order valence-corrected chi connectivity index (χ3v) is 3.99. The van der Waals surface area contributed by atoms with Gasteiger partial charge in [0.15, 0.2) is 18.5 Å². The summed E-state index contributed by atoms with van der Waals surface area (Å²) in [5.41, 5.74) is 2.45. The van der Waals surface area contributed by atoms with Crippen molar-refractivity contribution in [2.45, 2.75) is 6.42 Å². The monoisotopic (exact) mass is 334 g/mol. The Hall–Kier alpha value is -3.27. The molecule has 0 saturated carbocycles. The molecule has 4 heteroatoms. The molecule has 0 atom stereocenters. The minimum absolute atomic E-state index is 0.0367. The van der Waals surface area contributed by atoms with E-state index >= 15 is 0 Å². The molecule has 0 spiro atoms. The Bertz CT molecular complexity index is 889. The van der Waals surface area contributed by atoms with Crippen LogP contribution < -0.4 is 0 Å². The molecule has 3 aromatic carbocycles. The second-order valence-corrected chi connectivity index (χ2v) is 5.78. The van der Waals surface area contributed by atoms with Gasteiger partial charge in [0.05, 0.1) is 0 Å². The van der Waals surface area contributed by atoms with E-state index in [4.69, 9.17) is 0 Å². The van der Waals surface area contributed by atoms with Crippen LogP contribution in [0.25, 0.3) is 0 Å². The SMILES string of the molecule is Oc1ccc(CC[N+](=Cc2ccccc2)c2ccccc2O)c(O)c1.